The van der Waals surface area contributed by atoms with Gasteiger partial charge < -0.3 is 16.2 Å². The second-order valence-corrected chi connectivity index (χ2v) is 3.99. The molecule has 0 heterocycles. The Morgan fingerprint density at radius 3 is 2.69 bits per heavy atom. The number of halogens is 1. The first-order valence-electron chi connectivity index (χ1n) is 5.09. The summed E-state index contributed by atoms with van der Waals surface area (Å²) in [5.74, 6) is -0.700. The normalized spacial score (nSPS) is 14.8. The Morgan fingerprint density at radius 1 is 1.50 bits per heavy atom. The van der Waals surface area contributed by atoms with Crippen LogP contribution in [0.4, 0.5) is 10.1 Å². The zero-order valence-corrected chi connectivity index (χ0v) is 8.70. The molecule has 1 aliphatic carbocycles. The molecule has 1 saturated carbocycles. The number of carbonyl (C=O) groups is 1. The van der Waals surface area contributed by atoms with E-state index >= 15 is 0 Å². The monoisotopic (exact) mass is 224 g/mol. The zero-order chi connectivity index (χ0) is 11.7. The van der Waals surface area contributed by atoms with Crippen molar-refractivity contribution in [2.75, 3.05) is 12.3 Å². The maximum absolute atomic E-state index is 13.4. The van der Waals surface area contributed by atoms with Crippen LogP contribution in [0.5, 0.6) is 5.75 Å². The Balaban J connectivity index is 2.18. The van der Waals surface area contributed by atoms with Crippen LogP contribution >= 0.6 is 0 Å². The van der Waals surface area contributed by atoms with E-state index < -0.39 is 11.7 Å². The maximum Gasteiger partial charge on any atom is 0.253 e. The molecule has 1 fully saturated rings. The van der Waals surface area contributed by atoms with Gasteiger partial charge in [-0.05, 0) is 18.8 Å². The third kappa shape index (κ3) is 2.24. The van der Waals surface area contributed by atoms with Crippen LogP contribution in [0.2, 0.25) is 0 Å². The summed E-state index contributed by atoms with van der Waals surface area (Å²) in [7, 11) is 0. The Labute approximate surface area is 92.4 Å². The molecule has 86 valence electrons. The van der Waals surface area contributed by atoms with Crippen LogP contribution in [0.3, 0.4) is 0 Å². The van der Waals surface area contributed by atoms with Gasteiger partial charge in [-0.15, -0.1) is 0 Å². The molecule has 1 aliphatic rings. The van der Waals surface area contributed by atoms with Gasteiger partial charge in [-0.2, -0.15) is 0 Å². The van der Waals surface area contributed by atoms with E-state index in [1.165, 1.54) is 6.07 Å². The van der Waals surface area contributed by atoms with Crippen LogP contribution < -0.4 is 16.2 Å². The lowest BCUT2D eigenvalue weighted by molar-refractivity contribution is 0.0997. The summed E-state index contributed by atoms with van der Waals surface area (Å²) in [6.07, 6.45) is 2.30. The third-order valence-corrected chi connectivity index (χ3v) is 2.52. The van der Waals surface area contributed by atoms with Crippen molar-refractivity contribution in [1.29, 1.82) is 0 Å². The molecule has 1 aromatic carbocycles. The minimum absolute atomic E-state index is 0.0123. The van der Waals surface area contributed by atoms with Crippen molar-refractivity contribution in [3.8, 4) is 5.75 Å². The number of benzene rings is 1. The Kier molecular flexibility index (Phi) is 2.68. The van der Waals surface area contributed by atoms with Gasteiger partial charge in [0, 0.05) is 12.1 Å². The lowest BCUT2D eigenvalue weighted by atomic mass is 10.1. The van der Waals surface area contributed by atoms with E-state index in [1.54, 1.807) is 0 Å². The van der Waals surface area contributed by atoms with Crippen LogP contribution in [0, 0.1) is 11.7 Å². The average Bonchev–Trinajstić information content (AvgIpc) is 2.96. The van der Waals surface area contributed by atoms with E-state index in [4.69, 9.17) is 16.2 Å². The van der Waals surface area contributed by atoms with Gasteiger partial charge in [0.05, 0.1) is 17.9 Å². The molecule has 0 spiro atoms. The molecular weight excluding hydrogens is 211 g/mol. The summed E-state index contributed by atoms with van der Waals surface area (Å²) in [4.78, 5) is 10.9. The molecule has 0 aliphatic heterocycles. The molecule has 0 radical (unpaired) electrons. The number of carbonyl (C=O) groups excluding carboxylic acids is 1. The summed E-state index contributed by atoms with van der Waals surface area (Å²) in [5, 5.41) is 0. The standard InChI is InChI=1S/C11H13FN2O2/c12-8-3-7(16-5-6-1-2-6)4-9(13)10(8)11(14)15/h3-4,6H,1-2,5,13H2,(H2,14,15). The highest BCUT2D eigenvalue weighted by molar-refractivity contribution is 5.98. The highest BCUT2D eigenvalue weighted by atomic mass is 19.1. The topological polar surface area (TPSA) is 78.3 Å². The van der Waals surface area contributed by atoms with E-state index in [2.05, 4.69) is 0 Å². The summed E-state index contributed by atoms with van der Waals surface area (Å²) in [6, 6.07) is 2.56. The molecule has 1 aromatic rings. The van der Waals surface area contributed by atoms with Crippen LogP contribution in [0.15, 0.2) is 12.1 Å². The molecule has 0 atom stereocenters. The van der Waals surface area contributed by atoms with Gasteiger partial charge in [0.15, 0.2) is 0 Å². The molecule has 0 bridgehead atoms. The maximum atomic E-state index is 13.4. The van der Waals surface area contributed by atoms with E-state index in [1.807, 2.05) is 0 Å². The van der Waals surface area contributed by atoms with E-state index in [0.717, 1.165) is 18.9 Å². The molecule has 0 unspecified atom stereocenters. The van der Waals surface area contributed by atoms with Crippen molar-refractivity contribution in [2.45, 2.75) is 12.8 Å². The SMILES string of the molecule is NC(=O)c1c(N)cc(OCC2CC2)cc1F. The lowest BCUT2D eigenvalue weighted by Gasteiger charge is -2.09. The van der Waals surface area contributed by atoms with Crippen molar-refractivity contribution in [3.05, 3.63) is 23.5 Å². The van der Waals surface area contributed by atoms with Crippen LogP contribution in [0.1, 0.15) is 23.2 Å². The van der Waals surface area contributed by atoms with E-state index in [9.17, 15) is 9.18 Å². The van der Waals surface area contributed by atoms with Crippen LogP contribution in [-0.4, -0.2) is 12.5 Å². The highest BCUT2D eigenvalue weighted by Crippen LogP contribution is 2.30. The molecule has 4 N–H and O–H groups in total. The van der Waals surface area contributed by atoms with Gasteiger partial charge in [0.1, 0.15) is 11.6 Å². The molecule has 5 heteroatoms. The number of ether oxygens (including phenoxy) is 1. The molecule has 16 heavy (non-hydrogen) atoms. The number of rotatable bonds is 4. The first-order chi connectivity index (χ1) is 7.58. The number of nitrogens with two attached hydrogens (primary N) is 2. The first-order valence-corrected chi connectivity index (χ1v) is 5.09. The molecule has 0 saturated heterocycles. The zero-order valence-electron chi connectivity index (χ0n) is 8.70. The molecule has 1 amide bonds. The van der Waals surface area contributed by atoms with Crippen LogP contribution in [0.25, 0.3) is 0 Å². The van der Waals surface area contributed by atoms with Crippen molar-refractivity contribution >= 4 is 11.6 Å². The second kappa shape index (κ2) is 4.00. The second-order valence-electron chi connectivity index (χ2n) is 3.99. The van der Waals surface area contributed by atoms with Crippen molar-refractivity contribution < 1.29 is 13.9 Å². The van der Waals surface area contributed by atoms with Gasteiger partial charge in [-0.25, -0.2) is 4.39 Å². The molecule has 2 rings (SSSR count). The van der Waals surface area contributed by atoms with Gasteiger partial charge in [-0.3, -0.25) is 4.79 Å². The number of hydrogen-bond donors (Lipinski definition) is 2. The Bertz CT molecular complexity index is 407. The highest BCUT2D eigenvalue weighted by Gasteiger charge is 2.22. The Hall–Kier alpha value is -1.78. The van der Waals surface area contributed by atoms with E-state index in [-0.39, 0.29) is 11.3 Å². The van der Waals surface area contributed by atoms with Gasteiger partial charge in [0.25, 0.3) is 5.91 Å². The third-order valence-electron chi connectivity index (χ3n) is 2.52. The predicted octanol–water partition coefficient (Wildman–Crippen LogP) is 1.30. The molecule has 0 aromatic heterocycles. The number of amides is 1. The molecular formula is C11H13FN2O2. The largest absolute Gasteiger partial charge is 0.493 e. The summed E-state index contributed by atoms with van der Waals surface area (Å²) in [6.45, 7) is 0.564. The first kappa shape index (κ1) is 10.7. The lowest BCUT2D eigenvalue weighted by Crippen LogP contribution is -2.16. The van der Waals surface area contributed by atoms with Crippen molar-refractivity contribution in [1.82, 2.24) is 0 Å². The number of primary amides is 1. The van der Waals surface area contributed by atoms with Crippen molar-refractivity contribution in [2.24, 2.45) is 11.7 Å². The molecule has 4 nitrogen and oxygen atoms in total. The minimum atomic E-state index is -0.872. The van der Waals surface area contributed by atoms with E-state index in [0.29, 0.717) is 18.3 Å². The van der Waals surface area contributed by atoms with Crippen molar-refractivity contribution in [3.63, 3.8) is 0 Å². The smallest absolute Gasteiger partial charge is 0.253 e. The van der Waals surface area contributed by atoms with Gasteiger partial charge >= 0.3 is 0 Å². The van der Waals surface area contributed by atoms with Gasteiger partial charge in [0.2, 0.25) is 0 Å². The number of hydrogen-bond acceptors (Lipinski definition) is 3. The van der Waals surface area contributed by atoms with Crippen LogP contribution in [-0.2, 0) is 0 Å². The minimum Gasteiger partial charge on any atom is -0.493 e. The quantitative estimate of drug-likeness (QED) is 0.756. The summed E-state index contributed by atoms with van der Waals surface area (Å²) < 4.78 is 18.8. The fourth-order valence-electron chi connectivity index (χ4n) is 1.44. The summed E-state index contributed by atoms with van der Waals surface area (Å²) in [5.41, 5.74) is 10.3. The number of anilines is 1. The summed E-state index contributed by atoms with van der Waals surface area (Å²) >= 11 is 0. The van der Waals surface area contributed by atoms with Gasteiger partial charge in [-0.1, -0.05) is 0 Å². The number of nitrogen functional groups attached to an aromatic ring is 1. The Morgan fingerprint density at radius 2 is 2.19 bits per heavy atom. The average molecular weight is 224 g/mol. The fourth-order valence-corrected chi connectivity index (χ4v) is 1.44. The predicted molar refractivity (Wildman–Crippen MR) is 57.5 cm³/mol. The fraction of sp³-hybridized carbons (Fsp3) is 0.364.